The number of rotatable bonds is 4. The van der Waals surface area contributed by atoms with E-state index in [-0.39, 0.29) is 30.1 Å². The minimum absolute atomic E-state index is 0. The Balaban J connectivity index is 0.00000208. The van der Waals surface area contributed by atoms with Crippen molar-refractivity contribution in [2.24, 2.45) is 5.73 Å². The van der Waals surface area contributed by atoms with Crippen molar-refractivity contribution in [1.29, 1.82) is 0 Å². The number of thiazole rings is 1. The van der Waals surface area contributed by atoms with Gasteiger partial charge in [0.25, 0.3) is 5.91 Å². The second-order valence-electron chi connectivity index (χ2n) is 5.25. The first-order valence-electron chi connectivity index (χ1n) is 7.11. The molecular formula is C15H16ClF2N3O2S. The Morgan fingerprint density at radius 2 is 2.08 bits per heavy atom. The molecule has 1 aromatic heterocycles. The van der Waals surface area contributed by atoms with Gasteiger partial charge in [-0.2, -0.15) is 8.78 Å². The number of nitrogens with one attached hydrogen (secondary N) is 1. The molecule has 0 saturated heterocycles. The summed E-state index contributed by atoms with van der Waals surface area (Å²) in [5.41, 5.74) is 7.26. The first-order chi connectivity index (χ1) is 11.0. The highest BCUT2D eigenvalue weighted by molar-refractivity contribution is 7.15. The smallest absolute Gasteiger partial charge is 0.387 e. The van der Waals surface area contributed by atoms with E-state index in [0.29, 0.717) is 10.7 Å². The second kappa shape index (κ2) is 7.87. The number of amides is 1. The fraction of sp³-hybridized carbons (Fsp3) is 0.333. The standard InChI is InChI=1S/C15H15F2N3O2S.ClH/c16-14(17)22-10-4-1-8(2-5-10)13(21)20-15-19-11-6-3-9(18)7-12(11)23-15;/h1-2,4-5,9,14H,3,6-7,18H2,(H,19,20,21);1H/t9-;/m0./s1. The molecule has 1 atom stereocenters. The first-order valence-corrected chi connectivity index (χ1v) is 7.93. The molecule has 24 heavy (non-hydrogen) atoms. The van der Waals surface area contributed by atoms with Crippen molar-refractivity contribution in [1.82, 2.24) is 4.98 Å². The molecule has 0 bridgehead atoms. The highest BCUT2D eigenvalue weighted by Gasteiger charge is 2.21. The van der Waals surface area contributed by atoms with Crippen LogP contribution in [0.15, 0.2) is 24.3 Å². The van der Waals surface area contributed by atoms with Gasteiger partial charge < -0.3 is 10.5 Å². The van der Waals surface area contributed by atoms with Crippen molar-refractivity contribution in [3.05, 3.63) is 40.4 Å². The summed E-state index contributed by atoms with van der Waals surface area (Å²) in [5, 5.41) is 3.26. The van der Waals surface area contributed by atoms with Gasteiger partial charge in [0.1, 0.15) is 5.75 Å². The van der Waals surface area contributed by atoms with Gasteiger partial charge in [-0.25, -0.2) is 4.98 Å². The third kappa shape index (κ3) is 4.40. The van der Waals surface area contributed by atoms with E-state index in [4.69, 9.17) is 5.73 Å². The molecule has 1 amide bonds. The van der Waals surface area contributed by atoms with E-state index in [2.05, 4.69) is 15.0 Å². The lowest BCUT2D eigenvalue weighted by molar-refractivity contribution is -0.0498. The zero-order chi connectivity index (χ0) is 16.4. The van der Waals surface area contributed by atoms with Crippen LogP contribution in [0.5, 0.6) is 5.75 Å². The Labute approximate surface area is 147 Å². The van der Waals surface area contributed by atoms with Crippen molar-refractivity contribution in [3.8, 4) is 5.75 Å². The molecule has 130 valence electrons. The van der Waals surface area contributed by atoms with Gasteiger partial charge in [0.05, 0.1) is 5.69 Å². The van der Waals surface area contributed by atoms with Gasteiger partial charge in [0.2, 0.25) is 0 Å². The Kier molecular flexibility index (Phi) is 6.09. The predicted molar refractivity (Wildman–Crippen MR) is 90.4 cm³/mol. The first kappa shape index (κ1) is 18.6. The summed E-state index contributed by atoms with van der Waals surface area (Å²) >= 11 is 1.43. The maximum atomic E-state index is 12.2. The lowest BCUT2D eigenvalue weighted by Gasteiger charge is -2.15. The summed E-state index contributed by atoms with van der Waals surface area (Å²) in [6, 6.07) is 5.65. The van der Waals surface area contributed by atoms with Crippen LogP contribution in [-0.2, 0) is 12.8 Å². The van der Waals surface area contributed by atoms with E-state index in [1.54, 1.807) is 0 Å². The quantitative estimate of drug-likeness (QED) is 0.860. The number of aryl methyl sites for hydroxylation is 1. The fourth-order valence-electron chi connectivity index (χ4n) is 2.41. The van der Waals surface area contributed by atoms with Crippen LogP contribution in [-0.4, -0.2) is 23.5 Å². The Bertz CT molecular complexity index is 709. The number of nitrogens with zero attached hydrogens (tertiary/aromatic N) is 1. The molecule has 0 aliphatic heterocycles. The topological polar surface area (TPSA) is 77.2 Å². The number of ether oxygens (including phenoxy) is 1. The highest BCUT2D eigenvalue weighted by atomic mass is 35.5. The van der Waals surface area contributed by atoms with Gasteiger partial charge in [-0.15, -0.1) is 23.7 Å². The van der Waals surface area contributed by atoms with Crippen LogP contribution in [0, 0.1) is 0 Å². The van der Waals surface area contributed by atoms with Gasteiger partial charge in [-0.1, -0.05) is 0 Å². The molecule has 0 spiro atoms. The van der Waals surface area contributed by atoms with Crippen molar-refractivity contribution in [2.45, 2.75) is 31.9 Å². The number of anilines is 1. The monoisotopic (exact) mass is 375 g/mol. The number of carbonyl (C=O) groups is 1. The molecule has 9 heteroatoms. The van der Waals surface area contributed by atoms with Crippen molar-refractivity contribution < 1.29 is 18.3 Å². The Morgan fingerprint density at radius 1 is 1.38 bits per heavy atom. The van der Waals surface area contributed by atoms with Crippen LogP contribution >= 0.6 is 23.7 Å². The van der Waals surface area contributed by atoms with E-state index in [1.807, 2.05) is 0 Å². The Morgan fingerprint density at radius 3 is 2.75 bits per heavy atom. The summed E-state index contributed by atoms with van der Waals surface area (Å²) in [7, 11) is 0. The molecule has 1 aromatic carbocycles. The highest BCUT2D eigenvalue weighted by Crippen LogP contribution is 2.29. The van der Waals surface area contributed by atoms with Crippen molar-refractivity contribution >= 4 is 34.8 Å². The summed E-state index contributed by atoms with van der Waals surface area (Å²) in [4.78, 5) is 17.7. The van der Waals surface area contributed by atoms with E-state index in [9.17, 15) is 13.6 Å². The molecule has 1 aliphatic carbocycles. The maximum Gasteiger partial charge on any atom is 0.387 e. The maximum absolute atomic E-state index is 12.2. The van der Waals surface area contributed by atoms with E-state index < -0.39 is 6.61 Å². The lowest BCUT2D eigenvalue weighted by Crippen LogP contribution is -2.27. The number of fused-ring (bicyclic) bond motifs is 1. The molecule has 3 rings (SSSR count). The molecule has 0 radical (unpaired) electrons. The van der Waals surface area contributed by atoms with Gasteiger partial charge in [0.15, 0.2) is 5.13 Å². The number of nitrogens with two attached hydrogens (primary N) is 1. The third-order valence-electron chi connectivity index (χ3n) is 3.54. The number of hydrogen-bond donors (Lipinski definition) is 2. The molecule has 1 heterocycles. The number of aromatic nitrogens is 1. The molecular weight excluding hydrogens is 360 g/mol. The van der Waals surface area contributed by atoms with E-state index in [0.717, 1.165) is 29.8 Å². The van der Waals surface area contributed by atoms with Gasteiger partial charge in [0, 0.05) is 16.5 Å². The van der Waals surface area contributed by atoms with Gasteiger partial charge >= 0.3 is 6.61 Å². The van der Waals surface area contributed by atoms with Crippen LogP contribution in [0.25, 0.3) is 0 Å². The molecule has 2 aromatic rings. The van der Waals surface area contributed by atoms with Crippen LogP contribution in [0.3, 0.4) is 0 Å². The van der Waals surface area contributed by atoms with Gasteiger partial charge in [-0.05, 0) is 43.5 Å². The second-order valence-corrected chi connectivity index (χ2v) is 6.33. The van der Waals surface area contributed by atoms with Crippen LogP contribution < -0.4 is 15.8 Å². The summed E-state index contributed by atoms with van der Waals surface area (Å²) < 4.78 is 28.4. The molecule has 0 saturated carbocycles. The molecule has 3 N–H and O–H groups in total. The fourth-order valence-corrected chi connectivity index (χ4v) is 3.51. The minimum atomic E-state index is -2.89. The van der Waals surface area contributed by atoms with Crippen LogP contribution in [0.2, 0.25) is 0 Å². The van der Waals surface area contributed by atoms with Gasteiger partial charge in [-0.3, -0.25) is 10.1 Å². The largest absolute Gasteiger partial charge is 0.435 e. The van der Waals surface area contributed by atoms with Crippen LogP contribution in [0.4, 0.5) is 13.9 Å². The molecule has 5 nitrogen and oxygen atoms in total. The summed E-state index contributed by atoms with van der Waals surface area (Å²) in [6.07, 6.45) is 2.50. The normalized spacial score (nSPS) is 16.2. The predicted octanol–water partition coefficient (Wildman–Crippen LogP) is 3.23. The van der Waals surface area contributed by atoms with E-state index >= 15 is 0 Å². The number of carbonyl (C=O) groups excluding carboxylic acids is 1. The molecule has 0 unspecified atom stereocenters. The third-order valence-corrected chi connectivity index (χ3v) is 4.58. The van der Waals surface area contributed by atoms with Crippen LogP contribution in [0.1, 0.15) is 27.3 Å². The number of alkyl halides is 2. The van der Waals surface area contributed by atoms with Crippen molar-refractivity contribution in [2.75, 3.05) is 5.32 Å². The Hall–Kier alpha value is -1.77. The summed E-state index contributed by atoms with van der Waals surface area (Å²) in [5.74, 6) is -0.334. The number of hydrogen-bond acceptors (Lipinski definition) is 5. The zero-order valence-electron chi connectivity index (χ0n) is 12.5. The minimum Gasteiger partial charge on any atom is -0.435 e. The van der Waals surface area contributed by atoms with Crippen molar-refractivity contribution in [3.63, 3.8) is 0 Å². The summed E-state index contributed by atoms with van der Waals surface area (Å²) in [6.45, 7) is -2.89. The average molecular weight is 376 g/mol. The number of halogens is 3. The molecule has 1 aliphatic rings. The number of benzene rings is 1. The molecule has 0 fully saturated rings. The average Bonchev–Trinajstić information content (AvgIpc) is 2.88. The lowest BCUT2D eigenvalue weighted by atomic mass is 9.99. The zero-order valence-corrected chi connectivity index (χ0v) is 14.1. The SMILES string of the molecule is Cl.N[C@H]1CCc2nc(NC(=O)c3ccc(OC(F)F)cc3)sc2C1. The van der Waals surface area contributed by atoms with E-state index in [1.165, 1.54) is 35.6 Å².